The SMILES string of the molecule is c1cc2c(cc1-c1nc(CNC3CC3)no1)CCC2. The molecule has 19 heavy (non-hydrogen) atoms. The van der Waals surface area contributed by atoms with Crippen molar-refractivity contribution < 1.29 is 4.52 Å². The van der Waals surface area contributed by atoms with Crippen molar-refractivity contribution in [2.75, 3.05) is 0 Å². The van der Waals surface area contributed by atoms with Crippen LogP contribution in [0.15, 0.2) is 22.7 Å². The van der Waals surface area contributed by atoms with Gasteiger partial charge in [-0.2, -0.15) is 4.98 Å². The number of hydrogen-bond acceptors (Lipinski definition) is 4. The molecule has 1 aromatic carbocycles. The van der Waals surface area contributed by atoms with E-state index >= 15 is 0 Å². The lowest BCUT2D eigenvalue weighted by atomic mass is 10.1. The molecule has 1 fully saturated rings. The second kappa shape index (κ2) is 4.46. The third-order valence-corrected chi connectivity index (χ3v) is 3.94. The standard InChI is InChI=1S/C15H17N3O/c1-2-10-4-5-12(8-11(10)3-1)15-17-14(18-19-15)9-16-13-6-7-13/h4-5,8,13,16H,1-3,6-7,9H2. The number of nitrogens with one attached hydrogen (secondary N) is 1. The molecule has 98 valence electrons. The summed E-state index contributed by atoms with van der Waals surface area (Å²) in [5.74, 6) is 1.39. The van der Waals surface area contributed by atoms with Gasteiger partial charge in [0.05, 0.1) is 6.54 Å². The Hall–Kier alpha value is -1.68. The molecule has 0 bridgehead atoms. The van der Waals surface area contributed by atoms with Crippen LogP contribution in [0.1, 0.15) is 36.2 Å². The van der Waals surface area contributed by atoms with Crippen molar-refractivity contribution in [2.24, 2.45) is 0 Å². The van der Waals surface area contributed by atoms with E-state index in [-0.39, 0.29) is 0 Å². The molecule has 1 saturated carbocycles. The zero-order valence-electron chi connectivity index (χ0n) is 10.9. The molecular formula is C15H17N3O. The monoisotopic (exact) mass is 255 g/mol. The highest BCUT2D eigenvalue weighted by molar-refractivity contribution is 5.56. The lowest BCUT2D eigenvalue weighted by Crippen LogP contribution is -2.16. The predicted octanol–water partition coefficient (Wildman–Crippen LogP) is 2.48. The molecule has 4 heteroatoms. The average molecular weight is 255 g/mol. The van der Waals surface area contributed by atoms with Crippen LogP contribution in [0.5, 0.6) is 0 Å². The first-order valence-corrected chi connectivity index (χ1v) is 7.06. The van der Waals surface area contributed by atoms with E-state index in [9.17, 15) is 0 Å². The number of rotatable bonds is 4. The molecule has 2 aliphatic carbocycles. The van der Waals surface area contributed by atoms with Crippen LogP contribution < -0.4 is 5.32 Å². The van der Waals surface area contributed by atoms with Gasteiger partial charge in [-0.1, -0.05) is 11.2 Å². The quantitative estimate of drug-likeness (QED) is 0.912. The van der Waals surface area contributed by atoms with E-state index in [1.807, 2.05) is 0 Å². The summed E-state index contributed by atoms with van der Waals surface area (Å²) in [6.45, 7) is 0.707. The molecular weight excluding hydrogens is 238 g/mol. The molecule has 0 spiro atoms. The highest BCUT2D eigenvalue weighted by atomic mass is 16.5. The molecule has 0 amide bonds. The number of fused-ring (bicyclic) bond motifs is 1. The number of aromatic nitrogens is 2. The van der Waals surface area contributed by atoms with Gasteiger partial charge in [0.2, 0.25) is 0 Å². The van der Waals surface area contributed by atoms with Crippen molar-refractivity contribution in [2.45, 2.75) is 44.7 Å². The first-order chi connectivity index (χ1) is 9.38. The van der Waals surface area contributed by atoms with Gasteiger partial charge in [-0.15, -0.1) is 0 Å². The van der Waals surface area contributed by atoms with E-state index in [1.165, 1.54) is 43.2 Å². The van der Waals surface area contributed by atoms with Crippen LogP contribution in [0, 0.1) is 0 Å². The van der Waals surface area contributed by atoms with E-state index in [1.54, 1.807) is 0 Å². The zero-order chi connectivity index (χ0) is 12.7. The Kier molecular flexibility index (Phi) is 2.62. The number of hydrogen-bond donors (Lipinski definition) is 1. The molecule has 4 rings (SSSR count). The van der Waals surface area contributed by atoms with Crippen LogP contribution in [0.25, 0.3) is 11.5 Å². The minimum atomic E-state index is 0.641. The molecule has 0 atom stereocenters. The molecule has 1 aromatic heterocycles. The van der Waals surface area contributed by atoms with Gasteiger partial charge in [0.1, 0.15) is 0 Å². The second-order valence-corrected chi connectivity index (χ2v) is 5.51. The molecule has 0 unspecified atom stereocenters. The number of nitrogens with zero attached hydrogens (tertiary/aromatic N) is 2. The Morgan fingerprint density at radius 2 is 2.11 bits per heavy atom. The zero-order valence-corrected chi connectivity index (χ0v) is 10.9. The first kappa shape index (κ1) is 11.2. The average Bonchev–Trinajstić information content (AvgIpc) is 2.96. The maximum absolute atomic E-state index is 5.36. The maximum atomic E-state index is 5.36. The fourth-order valence-corrected chi connectivity index (χ4v) is 2.67. The van der Waals surface area contributed by atoms with Crippen molar-refractivity contribution >= 4 is 0 Å². The Morgan fingerprint density at radius 3 is 3.00 bits per heavy atom. The minimum Gasteiger partial charge on any atom is -0.334 e. The Morgan fingerprint density at radius 1 is 1.21 bits per heavy atom. The molecule has 2 aromatic rings. The Balaban J connectivity index is 1.54. The van der Waals surface area contributed by atoms with Crippen molar-refractivity contribution in [3.8, 4) is 11.5 Å². The van der Waals surface area contributed by atoms with Crippen LogP contribution in [0.3, 0.4) is 0 Å². The molecule has 2 aliphatic rings. The largest absolute Gasteiger partial charge is 0.334 e. The molecule has 1 N–H and O–H groups in total. The highest BCUT2D eigenvalue weighted by Crippen LogP contribution is 2.27. The molecule has 0 saturated heterocycles. The van der Waals surface area contributed by atoms with Gasteiger partial charge in [0, 0.05) is 11.6 Å². The summed E-state index contributed by atoms with van der Waals surface area (Å²) in [5.41, 5.74) is 3.96. The van der Waals surface area contributed by atoms with Crippen molar-refractivity contribution in [1.29, 1.82) is 0 Å². The van der Waals surface area contributed by atoms with Crippen molar-refractivity contribution in [3.05, 3.63) is 35.2 Å². The molecule has 1 heterocycles. The highest BCUT2D eigenvalue weighted by Gasteiger charge is 2.21. The third kappa shape index (κ3) is 2.28. The normalized spacial score (nSPS) is 17.7. The Labute approximate surface area is 112 Å². The summed E-state index contributed by atoms with van der Waals surface area (Å²) in [4.78, 5) is 4.47. The lowest BCUT2D eigenvalue weighted by molar-refractivity contribution is 0.419. The molecule has 0 aliphatic heterocycles. The second-order valence-electron chi connectivity index (χ2n) is 5.51. The van der Waals surface area contributed by atoms with Crippen molar-refractivity contribution in [1.82, 2.24) is 15.5 Å². The van der Waals surface area contributed by atoms with Crippen LogP contribution in [-0.2, 0) is 19.4 Å². The first-order valence-electron chi connectivity index (χ1n) is 7.06. The lowest BCUT2D eigenvalue weighted by Gasteiger charge is -2.00. The van der Waals surface area contributed by atoms with E-state index < -0.39 is 0 Å². The van der Waals surface area contributed by atoms with Crippen LogP contribution in [-0.4, -0.2) is 16.2 Å². The van der Waals surface area contributed by atoms with E-state index in [4.69, 9.17) is 4.52 Å². The van der Waals surface area contributed by atoms with Gasteiger partial charge < -0.3 is 9.84 Å². The topological polar surface area (TPSA) is 51.0 Å². The summed E-state index contributed by atoms with van der Waals surface area (Å²) in [6, 6.07) is 7.16. The van der Waals surface area contributed by atoms with Crippen LogP contribution >= 0.6 is 0 Å². The van der Waals surface area contributed by atoms with Crippen LogP contribution in [0.4, 0.5) is 0 Å². The summed E-state index contributed by atoms with van der Waals surface area (Å²) in [5, 5.41) is 7.43. The summed E-state index contributed by atoms with van der Waals surface area (Å²) in [6.07, 6.45) is 6.19. The van der Waals surface area contributed by atoms with Gasteiger partial charge >= 0.3 is 0 Å². The van der Waals surface area contributed by atoms with E-state index in [2.05, 4.69) is 33.7 Å². The molecule has 4 nitrogen and oxygen atoms in total. The predicted molar refractivity (Wildman–Crippen MR) is 71.6 cm³/mol. The molecule has 0 radical (unpaired) electrons. The fourth-order valence-electron chi connectivity index (χ4n) is 2.67. The van der Waals surface area contributed by atoms with E-state index in [0.29, 0.717) is 18.5 Å². The van der Waals surface area contributed by atoms with Gasteiger partial charge in [-0.05, 0) is 55.4 Å². The maximum Gasteiger partial charge on any atom is 0.257 e. The van der Waals surface area contributed by atoms with Gasteiger partial charge in [0.15, 0.2) is 5.82 Å². The smallest absolute Gasteiger partial charge is 0.257 e. The Bertz CT molecular complexity index is 601. The fraction of sp³-hybridized carbons (Fsp3) is 0.467. The minimum absolute atomic E-state index is 0.641. The summed E-state index contributed by atoms with van der Waals surface area (Å²) in [7, 11) is 0. The number of benzene rings is 1. The van der Waals surface area contributed by atoms with Gasteiger partial charge in [-0.25, -0.2) is 0 Å². The summed E-state index contributed by atoms with van der Waals surface area (Å²) >= 11 is 0. The van der Waals surface area contributed by atoms with Crippen molar-refractivity contribution in [3.63, 3.8) is 0 Å². The third-order valence-electron chi connectivity index (χ3n) is 3.94. The number of aryl methyl sites for hydroxylation is 2. The van der Waals surface area contributed by atoms with Gasteiger partial charge in [0.25, 0.3) is 5.89 Å². The van der Waals surface area contributed by atoms with E-state index in [0.717, 1.165) is 11.4 Å². The summed E-state index contributed by atoms with van der Waals surface area (Å²) < 4.78 is 5.36. The van der Waals surface area contributed by atoms with Crippen LogP contribution in [0.2, 0.25) is 0 Å². The van der Waals surface area contributed by atoms with Gasteiger partial charge in [-0.3, -0.25) is 0 Å².